The van der Waals surface area contributed by atoms with E-state index in [1.54, 1.807) is 0 Å². The Kier molecular flexibility index (Phi) is 36.2. The molecule has 0 saturated heterocycles. The van der Waals surface area contributed by atoms with Gasteiger partial charge >= 0.3 is 0 Å². The van der Waals surface area contributed by atoms with Crippen molar-refractivity contribution >= 4 is 13.7 Å². The van der Waals surface area contributed by atoms with Crippen molar-refractivity contribution in [1.29, 1.82) is 0 Å². The Hall–Kier alpha value is -2.58. The second-order valence-corrected chi connectivity index (χ2v) is 16.7. The molecule has 0 rings (SSSR count). The van der Waals surface area contributed by atoms with Crippen LogP contribution in [0.15, 0.2) is 97.2 Å². The summed E-state index contributed by atoms with van der Waals surface area (Å²) in [6, 6.07) is -0.810. The van der Waals surface area contributed by atoms with Gasteiger partial charge in [-0.15, -0.1) is 0 Å². The number of aliphatic hydroxyl groups excluding tert-OH is 1. The zero-order valence-corrected chi connectivity index (χ0v) is 36.9. The Labute approximate surface area is 343 Å². The van der Waals surface area contributed by atoms with Crippen LogP contribution < -0.4 is 10.2 Å². The smallest absolute Gasteiger partial charge is 0.268 e. The number of phosphoric ester groups is 1. The van der Waals surface area contributed by atoms with Gasteiger partial charge < -0.3 is 28.8 Å². The first-order chi connectivity index (χ1) is 27.0. The Morgan fingerprint density at radius 1 is 0.643 bits per heavy atom. The summed E-state index contributed by atoms with van der Waals surface area (Å²) in [6.07, 6.45) is 53.6. The lowest BCUT2D eigenvalue weighted by Crippen LogP contribution is -2.46. The van der Waals surface area contributed by atoms with E-state index < -0.39 is 20.0 Å². The fourth-order valence-corrected chi connectivity index (χ4v) is 6.13. The summed E-state index contributed by atoms with van der Waals surface area (Å²) in [4.78, 5) is 25.0. The Morgan fingerprint density at radius 2 is 1.09 bits per heavy atom. The lowest BCUT2D eigenvalue weighted by molar-refractivity contribution is -0.870. The van der Waals surface area contributed by atoms with Crippen molar-refractivity contribution in [2.75, 3.05) is 40.9 Å². The molecule has 0 aliphatic heterocycles. The molecule has 0 bridgehead atoms. The third-order valence-corrected chi connectivity index (χ3v) is 9.80. The molecular formula is C47H81N2O6P. The van der Waals surface area contributed by atoms with Crippen molar-refractivity contribution in [3.63, 3.8) is 0 Å². The number of phosphoric acid groups is 1. The Bertz CT molecular complexity index is 1230. The number of nitrogens with one attached hydrogen (secondary N) is 1. The van der Waals surface area contributed by atoms with Crippen molar-refractivity contribution in [1.82, 2.24) is 5.32 Å². The number of rotatable bonds is 37. The molecule has 8 nitrogen and oxygen atoms in total. The van der Waals surface area contributed by atoms with Crippen molar-refractivity contribution in [3.05, 3.63) is 97.2 Å². The highest BCUT2D eigenvalue weighted by atomic mass is 31.2. The topological polar surface area (TPSA) is 108 Å². The van der Waals surface area contributed by atoms with Crippen LogP contribution in [-0.4, -0.2) is 68.5 Å². The van der Waals surface area contributed by atoms with Gasteiger partial charge in [0.05, 0.1) is 39.9 Å². The second-order valence-electron chi connectivity index (χ2n) is 15.3. The largest absolute Gasteiger partial charge is 0.756 e. The normalized spacial score (nSPS) is 15.3. The molecule has 320 valence electrons. The predicted octanol–water partition coefficient (Wildman–Crippen LogP) is 11.3. The first-order valence-electron chi connectivity index (χ1n) is 21.6. The summed E-state index contributed by atoms with van der Waals surface area (Å²) in [7, 11) is 1.27. The molecule has 2 N–H and O–H groups in total. The van der Waals surface area contributed by atoms with Crippen LogP contribution in [0.25, 0.3) is 0 Å². The SMILES string of the molecule is CC/C=C\C/C=C\C/C=C\C/C=C\C/C=C\C/C=C\C/C=C\C/C=C\CCCCCCCCC(=O)NC(COP(=O)([O-])OCC[N+](C)(C)C)C(O)CCCCC. The molecule has 0 aliphatic carbocycles. The van der Waals surface area contributed by atoms with E-state index in [4.69, 9.17) is 9.05 Å². The monoisotopic (exact) mass is 801 g/mol. The molecule has 9 heteroatoms. The molecule has 3 unspecified atom stereocenters. The zero-order valence-electron chi connectivity index (χ0n) is 36.0. The molecular weight excluding hydrogens is 719 g/mol. The first-order valence-corrected chi connectivity index (χ1v) is 23.0. The number of amides is 1. The van der Waals surface area contributed by atoms with Crippen molar-refractivity contribution in [2.24, 2.45) is 0 Å². The van der Waals surface area contributed by atoms with Gasteiger partial charge in [-0.25, -0.2) is 0 Å². The molecule has 0 aromatic carbocycles. The molecule has 3 atom stereocenters. The summed E-state index contributed by atoms with van der Waals surface area (Å²) in [5.74, 6) is -0.198. The van der Waals surface area contributed by atoms with E-state index in [1.807, 2.05) is 21.1 Å². The fourth-order valence-electron chi connectivity index (χ4n) is 5.40. The number of quaternary nitrogens is 1. The van der Waals surface area contributed by atoms with E-state index in [9.17, 15) is 19.4 Å². The lowest BCUT2D eigenvalue weighted by Gasteiger charge is -2.30. The molecule has 1 amide bonds. The number of allylic oxidation sites excluding steroid dienone is 16. The highest BCUT2D eigenvalue weighted by molar-refractivity contribution is 7.45. The minimum absolute atomic E-state index is 0.00148. The maximum Gasteiger partial charge on any atom is 0.268 e. The maximum atomic E-state index is 12.7. The summed E-state index contributed by atoms with van der Waals surface area (Å²) in [6.45, 7) is 4.38. The number of aliphatic hydroxyl groups is 1. The number of hydrogen-bond donors (Lipinski definition) is 2. The van der Waals surface area contributed by atoms with Crippen LogP contribution >= 0.6 is 7.82 Å². The lowest BCUT2D eigenvalue weighted by atomic mass is 10.0. The number of nitrogens with zero attached hydrogens (tertiary/aromatic N) is 1. The molecule has 0 fully saturated rings. The maximum absolute atomic E-state index is 12.7. The van der Waals surface area contributed by atoms with Gasteiger partial charge in [0.25, 0.3) is 7.82 Å². The third-order valence-electron chi connectivity index (χ3n) is 8.84. The number of unbranched alkanes of at least 4 members (excludes halogenated alkanes) is 8. The van der Waals surface area contributed by atoms with Gasteiger partial charge in [-0.2, -0.15) is 0 Å². The van der Waals surface area contributed by atoms with Gasteiger partial charge in [-0.3, -0.25) is 9.36 Å². The van der Waals surface area contributed by atoms with Crippen LogP contribution in [0.3, 0.4) is 0 Å². The van der Waals surface area contributed by atoms with Crippen LogP contribution in [0.4, 0.5) is 0 Å². The zero-order chi connectivity index (χ0) is 41.4. The van der Waals surface area contributed by atoms with E-state index in [2.05, 4.69) is 116 Å². The molecule has 0 radical (unpaired) electrons. The number of carbonyl (C=O) groups is 1. The van der Waals surface area contributed by atoms with E-state index in [0.717, 1.165) is 103 Å². The summed E-state index contributed by atoms with van der Waals surface area (Å²) < 4.78 is 22.9. The van der Waals surface area contributed by atoms with Crippen molar-refractivity contribution < 1.29 is 32.9 Å². The first kappa shape index (κ1) is 53.4. The molecule has 0 aromatic rings. The molecule has 0 saturated carbocycles. The van der Waals surface area contributed by atoms with Crippen LogP contribution in [0.5, 0.6) is 0 Å². The quantitative estimate of drug-likeness (QED) is 0.0280. The highest BCUT2D eigenvalue weighted by Crippen LogP contribution is 2.38. The van der Waals surface area contributed by atoms with Crippen LogP contribution in [0.1, 0.15) is 142 Å². The second kappa shape index (κ2) is 38.0. The van der Waals surface area contributed by atoms with Crippen LogP contribution in [0, 0.1) is 0 Å². The third kappa shape index (κ3) is 39.6. The van der Waals surface area contributed by atoms with Gasteiger partial charge in [0, 0.05) is 6.42 Å². The van der Waals surface area contributed by atoms with Crippen LogP contribution in [-0.2, 0) is 18.4 Å². The summed E-state index contributed by atoms with van der Waals surface area (Å²) in [5.41, 5.74) is 0. The van der Waals surface area contributed by atoms with E-state index >= 15 is 0 Å². The average Bonchev–Trinajstić information content (AvgIpc) is 3.15. The van der Waals surface area contributed by atoms with Gasteiger partial charge in [0.2, 0.25) is 5.91 Å². The fraction of sp³-hybridized carbons (Fsp3) is 0.638. The average molecular weight is 801 g/mol. The van der Waals surface area contributed by atoms with Gasteiger partial charge in [-0.05, 0) is 77.0 Å². The predicted molar refractivity (Wildman–Crippen MR) is 237 cm³/mol. The molecule has 0 heterocycles. The van der Waals surface area contributed by atoms with E-state index in [1.165, 1.54) is 12.8 Å². The standard InChI is InChI=1S/C47H81N2O6P/c1-6-8-10-11-12-13-14-15-16-17-18-19-20-21-22-23-24-25-26-27-28-29-30-31-32-33-34-35-36-37-39-41-47(51)48-45(46(50)40-38-9-7-2)44-55-56(52,53)54-43-42-49(3,4)5/h8,10,12-13,15-16,18-19,21-22,24-25,27-28,30-31,45-46,50H,6-7,9,11,14,17,20,23,26,29,32-44H2,1-5H3,(H-,48,51,52,53)/b10-8-,13-12-,16-15-,19-18-,22-21-,25-24-,28-27-,31-30-. The molecule has 56 heavy (non-hydrogen) atoms. The summed E-state index contributed by atoms with van der Waals surface area (Å²) in [5, 5.41) is 13.5. The molecule has 0 aromatic heterocycles. The van der Waals surface area contributed by atoms with Crippen LogP contribution in [0.2, 0.25) is 0 Å². The highest BCUT2D eigenvalue weighted by Gasteiger charge is 2.24. The molecule has 0 spiro atoms. The number of hydrogen-bond acceptors (Lipinski definition) is 6. The Balaban J connectivity index is 4.00. The van der Waals surface area contributed by atoms with E-state index in [0.29, 0.717) is 23.9 Å². The van der Waals surface area contributed by atoms with Gasteiger partial charge in [0.1, 0.15) is 13.2 Å². The van der Waals surface area contributed by atoms with Crippen molar-refractivity contribution in [3.8, 4) is 0 Å². The van der Waals surface area contributed by atoms with Gasteiger partial charge in [0.15, 0.2) is 0 Å². The minimum Gasteiger partial charge on any atom is -0.756 e. The number of likely N-dealkylation sites (N-methyl/N-ethyl adjacent to an activating group) is 1. The summed E-state index contributed by atoms with van der Waals surface area (Å²) >= 11 is 0. The Morgan fingerprint density at radius 3 is 1.55 bits per heavy atom. The van der Waals surface area contributed by atoms with Gasteiger partial charge in [-0.1, -0.05) is 156 Å². The minimum atomic E-state index is -4.55. The molecule has 0 aliphatic rings. The number of carbonyl (C=O) groups excluding carboxylic acids is 1. The van der Waals surface area contributed by atoms with E-state index in [-0.39, 0.29) is 19.1 Å². The van der Waals surface area contributed by atoms with Crippen molar-refractivity contribution in [2.45, 2.75) is 154 Å².